The molecule has 0 fully saturated rings. The number of hydrogen-bond donors (Lipinski definition) is 0. The molecule has 1 aromatic carbocycles. The van der Waals surface area contributed by atoms with E-state index in [1.165, 1.54) is 0 Å². The molecular weight excluding hydrogens is 312 g/mol. The lowest BCUT2D eigenvalue weighted by atomic mass is 10.1. The maximum absolute atomic E-state index is 6.17. The van der Waals surface area contributed by atoms with Crippen LogP contribution in [0.25, 0.3) is 11.3 Å². The van der Waals surface area contributed by atoms with Crippen LogP contribution in [0.1, 0.15) is 32.0 Å². The van der Waals surface area contributed by atoms with Crippen LogP contribution in [0.5, 0.6) is 0 Å². The molecule has 94 valence electrons. The Hall–Kier alpha value is -0.930. The second-order valence-electron chi connectivity index (χ2n) is 4.21. The zero-order chi connectivity index (χ0) is 13.1. The highest BCUT2D eigenvalue weighted by atomic mass is 79.9. The molecule has 2 rings (SSSR count). The van der Waals surface area contributed by atoms with E-state index in [0.717, 1.165) is 28.0 Å². The second-order valence-corrected chi connectivity index (χ2v) is 5.36. The zero-order valence-corrected chi connectivity index (χ0v) is 12.7. The van der Waals surface area contributed by atoms with E-state index >= 15 is 0 Å². The van der Waals surface area contributed by atoms with Crippen LogP contribution in [0.4, 0.5) is 0 Å². The predicted molar refractivity (Wildman–Crippen MR) is 78.9 cm³/mol. The molecule has 4 heteroatoms. The van der Waals surface area contributed by atoms with Crippen LogP contribution in [0.2, 0.25) is 5.15 Å². The van der Waals surface area contributed by atoms with Crippen molar-refractivity contribution in [2.75, 3.05) is 0 Å². The standard InChI is InChI=1S/C14H14BrClN2/c1-3-9(2)14-17-12(11(15)13(16)18-14)10-7-5-4-6-8-10/h4-9H,3H2,1-2H3. The van der Waals surface area contributed by atoms with Gasteiger partial charge in [-0.2, -0.15) is 0 Å². The molecule has 1 atom stereocenters. The molecule has 0 saturated carbocycles. The Balaban J connectivity index is 2.56. The van der Waals surface area contributed by atoms with Gasteiger partial charge in [0.1, 0.15) is 11.0 Å². The normalized spacial score (nSPS) is 12.4. The maximum Gasteiger partial charge on any atom is 0.147 e. The third kappa shape index (κ3) is 2.73. The predicted octanol–water partition coefficient (Wildman–Crippen LogP) is 5.07. The van der Waals surface area contributed by atoms with Crippen molar-refractivity contribution in [2.24, 2.45) is 0 Å². The summed E-state index contributed by atoms with van der Waals surface area (Å²) in [6.07, 6.45) is 0.992. The Morgan fingerprint density at radius 1 is 1.22 bits per heavy atom. The maximum atomic E-state index is 6.17. The first-order chi connectivity index (χ1) is 8.63. The van der Waals surface area contributed by atoms with E-state index < -0.39 is 0 Å². The summed E-state index contributed by atoms with van der Waals surface area (Å²) in [6.45, 7) is 4.22. The highest BCUT2D eigenvalue weighted by molar-refractivity contribution is 9.10. The van der Waals surface area contributed by atoms with Crippen molar-refractivity contribution in [1.82, 2.24) is 9.97 Å². The first kappa shape index (κ1) is 13.5. The number of aromatic nitrogens is 2. The number of rotatable bonds is 3. The molecule has 0 aliphatic carbocycles. The Kier molecular flexibility index (Phi) is 4.36. The van der Waals surface area contributed by atoms with Crippen LogP contribution in [0.15, 0.2) is 34.8 Å². The average Bonchev–Trinajstić information content (AvgIpc) is 2.41. The lowest BCUT2D eigenvalue weighted by Gasteiger charge is -2.11. The highest BCUT2D eigenvalue weighted by Crippen LogP contribution is 2.32. The Labute approximate surface area is 121 Å². The van der Waals surface area contributed by atoms with Gasteiger partial charge in [-0.05, 0) is 22.4 Å². The third-order valence-electron chi connectivity index (χ3n) is 2.93. The number of hydrogen-bond acceptors (Lipinski definition) is 2. The van der Waals surface area contributed by atoms with E-state index in [1.807, 2.05) is 30.3 Å². The van der Waals surface area contributed by atoms with Gasteiger partial charge in [-0.15, -0.1) is 0 Å². The third-order valence-corrected chi connectivity index (χ3v) is 4.18. The molecule has 0 radical (unpaired) electrons. The Bertz CT molecular complexity index is 543. The van der Waals surface area contributed by atoms with E-state index in [0.29, 0.717) is 11.1 Å². The molecule has 0 aliphatic rings. The minimum Gasteiger partial charge on any atom is -0.231 e. The van der Waals surface area contributed by atoms with Gasteiger partial charge >= 0.3 is 0 Å². The lowest BCUT2D eigenvalue weighted by molar-refractivity contribution is 0.678. The van der Waals surface area contributed by atoms with Crippen LogP contribution >= 0.6 is 27.5 Å². The molecule has 18 heavy (non-hydrogen) atoms. The van der Waals surface area contributed by atoms with Crippen LogP contribution in [0.3, 0.4) is 0 Å². The van der Waals surface area contributed by atoms with Gasteiger partial charge in [0, 0.05) is 11.5 Å². The van der Waals surface area contributed by atoms with Gasteiger partial charge in [-0.25, -0.2) is 9.97 Å². The van der Waals surface area contributed by atoms with Crippen molar-refractivity contribution in [2.45, 2.75) is 26.2 Å². The molecule has 0 aliphatic heterocycles. The fourth-order valence-electron chi connectivity index (χ4n) is 1.63. The quantitative estimate of drug-likeness (QED) is 0.736. The average molecular weight is 326 g/mol. The zero-order valence-electron chi connectivity index (χ0n) is 10.3. The van der Waals surface area contributed by atoms with E-state index in [9.17, 15) is 0 Å². The molecule has 1 unspecified atom stereocenters. The smallest absolute Gasteiger partial charge is 0.147 e. The van der Waals surface area contributed by atoms with Gasteiger partial charge in [0.15, 0.2) is 0 Å². The van der Waals surface area contributed by atoms with Crippen molar-refractivity contribution in [1.29, 1.82) is 0 Å². The largest absolute Gasteiger partial charge is 0.231 e. The molecule has 1 aromatic heterocycles. The molecule has 0 spiro atoms. The fourth-order valence-corrected chi connectivity index (χ4v) is 2.21. The SMILES string of the molecule is CCC(C)c1nc(Cl)c(Br)c(-c2ccccc2)n1. The summed E-state index contributed by atoms with van der Waals surface area (Å²) in [5.74, 6) is 1.10. The Morgan fingerprint density at radius 2 is 1.89 bits per heavy atom. The van der Waals surface area contributed by atoms with Crippen molar-refractivity contribution in [3.8, 4) is 11.3 Å². The van der Waals surface area contributed by atoms with Crippen molar-refractivity contribution in [3.63, 3.8) is 0 Å². The summed E-state index contributed by atoms with van der Waals surface area (Å²) in [4.78, 5) is 8.97. The van der Waals surface area contributed by atoms with E-state index in [4.69, 9.17) is 11.6 Å². The summed E-state index contributed by atoms with van der Waals surface area (Å²) in [5.41, 5.74) is 1.89. The van der Waals surface area contributed by atoms with Crippen molar-refractivity contribution >= 4 is 27.5 Å². The lowest BCUT2D eigenvalue weighted by Crippen LogP contribution is -2.02. The van der Waals surface area contributed by atoms with Gasteiger partial charge < -0.3 is 0 Å². The number of benzene rings is 1. The minimum atomic E-state index is 0.304. The fraction of sp³-hybridized carbons (Fsp3) is 0.286. The van der Waals surface area contributed by atoms with Crippen LogP contribution in [-0.4, -0.2) is 9.97 Å². The van der Waals surface area contributed by atoms with Crippen LogP contribution in [-0.2, 0) is 0 Å². The molecule has 0 bridgehead atoms. The van der Waals surface area contributed by atoms with E-state index in [1.54, 1.807) is 0 Å². The van der Waals surface area contributed by atoms with Crippen molar-refractivity contribution in [3.05, 3.63) is 45.8 Å². The number of nitrogens with zero attached hydrogens (tertiary/aromatic N) is 2. The molecule has 0 amide bonds. The van der Waals surface area contributed by atoms with Crippen molar-refractivity contribution < 1.29 is 0 Å². The van der Waals surface area contributed by atoms with Gasteiger partial charge in [-0.1, -0.05) is 55.8 Å². The van der Waals surface area contributed by atoms with Gasteiger partial charge in [-0.3, -0.25) is 0 Å². The highest BCUT2D eigenvalue weighted by Gasteiger charge is 2.15. The first-order valence-corrected chi connectivity index (χ1v) is 7.09. The molecule has 2 aromatic rings. The molecule has 2 nitrogen and oxygen atoms in total. The summed E-state index contributed by atoms with van der Waals surface area (Å²) in [7, 11) is 0. The van der Waals surface area contributed by atoms with Gasteiger partial charge in [0.25, 0.3) is 0 Å². The summed E-state index contributed by atoms with van der Waals surface area (Å²) in [5, 5.41) is 0.471. The van der Waals surface area contributed by atoms with E-state index in [-0.39, 0.29) is 0 Å². The monoisotopic (exact) mass is 324 g/mol. The Morgan fingerprint density at radius 3 is 2.50 bits per heavy atom. The molecular formula is C14H14BrClN2. The first-order valence-electron chi connectivity index (χ1n) is 5.91. The van der Waals surface area contributed by atoms with E-state index in [2.05, 4.69) is 39.7 Å². The van der Waals surface area contributed by atoms with Crippen LogP contribution < -0.4 is 0 Å². The van der Waals surface area contributed by atoms with Gasteiger partial charge in [0.2, 0.25) is 0 Å². The molecule has 0 N–H and O–H groups in total. The topological polar surface area (TPSA) is 25.8 Å². The summed E-state index contributed by atoms with van der Waals surface area (Å²) in [6, 6.07) is 9.99. The minimum absolute atomic E-state index is 0.304. The summed E-state index contributed by atoms with van der Waals surface area (Å²) < 4.78 is 0.752. The molecule has 1 heterocycles. The second kappa shape index (κ2) is 5.81. The summed E-state index contributed by atoms with van der Waals surface area (Å²) >= 11 is 9.64. The van der Waals surface area contributed by atoms with Crippen LogP contribution in [0, 0.1) is 0 Å². The number of halogens is 2. The molecule has 0 saturated heterocycles. The van der Waals surface area contributed by atoms with Gasteiger partial charge in [0.05, 0.1) is 10.2 Å².